The van der Waals surface area contributed by atoms with E-state index in [2.05, 4.69) is 5.32 Å². The molecule has 0 spiro atoms. The smallest absolute Gasteiger partial charge is 0.254 e. The number of nitrogen functional groups attached to an aromatic ring is 1. The van der Waals surface area contributed by atoms with Crippen molar-refractivity contribution < 1.29 is 4.79 Å². The molecule has 0 radical (unpaired) electrons. The monoisotopic (exact) mass is 198 g/mol. The SMILES string of the molecule is Cc1csc(N)c1C(=O)NC(C)C. The Bertz CT molecular complexity index is 298. The van der Waals surface area contributed by atoms with Crippen LogP contribution in [-0.2, 0) is 0 Å². The Hall–Kier alpha value is -1.03. The van der Waals surface area contributed by atoms with Crippen molar-refractivity contribution in [2.24, 2.45) is 0 Å². The molecule has 0 saturated carbocycles. The lowest BCUT2D eigenvalue weighted by Crippen LogP contribution is -2.30. The first-order valence-electron chi connectivity index (χ1n) is 4.16. The van der Waals surface area contributed by atoms with E-state index < -0.39 is 0 Å². The molecule has 3 nitrogen and oxygen atoms in total. The van der Waals surface area contributed by atoms with E-state index in [1.807, 2.05) is 26.2 Å². The van der Waals surface area contributed by atoms with Gasteiger partial charge in [-0.3, -0.25) is 4.79 Å². The minimum absolute atomic E-state index is 0.0775. The predicted molar refractivity (Wildman–Crippen MR) is 56.1 cm³/mol. The molecule has 0 unspecified atom stereocenters. The van der Waals surface area contributed by atoms with Gasteiger partial charge >= 0.3 is 0 Å². The van der Waals surface area contributed by atoms with Crippen molar-refractivity contribution in [2.75, 3.05) is 5.73 Å². The van der Waals surface area contributed by atoms with Gasteiger partial charge in [-0.05, 0) is 31.7 Å². The molecule has 0 aliphatic carbocycles. The van der Waals surface area contributed by atoms with E-state index in [0.717, 1.165) is 5.56 Å². The third kappa shape index (κ3) is 2.21. The van der Waals surface area contributed by atoms with Crippen LogP contribution in [0.25, 0.3) is 0 Å². The quantitative estimate of drug-likeness (QED) is 0.761. The highest BCUT2D eigenvalue weighted by Gasteiger charge is 2.14. The van der Waals surface area contributed by atoms with Crippen LogP contribution in [0.2, 0.25) is 0 Å². The number of aryl methyl sites for hydroxylation is 1. The maximum atomic E-state index is 11.6. The molecule has 0 bridgehead atoms. The fourth-order valence-electron chi connectivity index (χ4n) is 1.09. The molecule has 1 heterocycles. The molecular formula is C9H14N2OS. The Morgan fingerprint density at radius 1 is 1.62 bits per heavy atom. The van der Waals surface area contributed by atoms with Crippen molar-refractivity contribution in [3.8, 4) is 0 Å². The number of hydrogen-bond donors (Lipinski definition) is 2. The number of amides is 1. The Labute approximate surface area is 81.9 Å². The maximum Gasteiger partial charge on any atom is 0.254 e. The van der Waals surface area contributed by atoms with Crippen LogP contribution in [0.15, 0.2) is 5.38 Å². The van der Waals surface area contributed by atoms with Gasteiger partial charge in [-0.2, -0.15) is 0 Å². The fraction of sp³-hybridized carbons (Fsp3) is 0.444. The third-order valence-corrected chi connectivity index (χ3v) is 2.58. The summed E-state index contributed by atoms with van der Waals surface area (Å²) >= 11 is 1.40. The van der Waals surface area contributed by atoms with Crippen LogP contribution >= 0.6 is 11.3 Å². The number of nitrogens with one attached hydrogen (secondary N) is 1. The summed E-state index contributed by atoms with van der Waals surface area (Å²) in [5, 5.41) is 5.30. The highest BCUT2D eigenvalue weighted by atomic mass is 32.1. The molecule has 1 amide bonds. The van der Waals surface area contributed by atoms with Crippen LogP contribution in [0.4, 0.5) is 5.00 Å². The third-order valence-electron chi connectivity index (χ3n) is 1.65. The molecule has 0 atom stereocenters. The zero-order chi connectivity index (χ0) is 10.0. The summed E-state index contributed by atoms with van der Waals surface area (Å²) in [6, 6.07) is 0.145. The van der Waals surface area contributed by atoms with Crippen molar-refractivity contribution in [1.82, 2.24) is 5.32 Å². The van der Waals surface area contributed by atoms with Gasteiger partial charge in [-0.1, -0.05) is 0 Å². The average Bonchev–Trinajstić information content (AvgIpc) is 2.29. The van der Waals surface area contributed by atoms with Crippen LogP contribution in [0, 0.1) is 6.92 Å². The zero-order valence-electron chi connectivity index (χ0n) is 8.05. The molecule has 1 aromatic rings. The average molecular weight is 198 g/mol. The van der Waals surface area contributed by atoms with Gasteiger partial charge in [0, 0.05) is 6.04 Å². The lowest BCUT2D eigenvalue weighted by molar-refractivity contribution is 0.0944. The van der Waals surface area contributed by atoms with Gasteiger partial charge in [0.2, 0.25) is 0 Å². The van der Waals surface area contributed by atoms with E-state index in [1.165, 1.54) is 11.3 Å². The Balaban J connectivity index is 2.88. The number of anilines is 1. The standard InChI is InChI=1S/C9H14N2OS/c1-5(2)11-9(12)7-6(3)4-13-8(7)10/h4-5H,10H2,1-3H3,(H,11,12). The van der Waals surface area contributed by atoms with Crippen LogP contribution in [-0.4, -0.2) is 11.9 Å². The number of nitrogens with two attached hydrogens (primary N) is 1. The molecule has 4 heteroatoms. The molecular weight excluding hydrogens is 184 g/mol. The topological polar surface area (TPSA) is 55.1 Å². The molecule has 3 N–H and O–H groups in total. The fourth-order valence-corrected chi connectivity index (χ4v) is 1.88. The van der Waals surface area contributed by atoms with E-state index in [1.54, 1.807) is 0 Å². The van der Waals surface area contributed by atoms with Crippen LogP contribution in [0.3, 0.4) is 0 Å². The summed E-state index contributed by atoms with van der Waals surface area (Å²) in [5.41, 5.74) is 7.24. The number of rotatable bonds is 2. The summed E-state index contributed by atoms with van der Waals surface area (Å²) in [7, 11) is 0. The lowest BCUT2D eigenvalue weighted by Gasteiger charge is -2.08. The van der Waals surface area contributed by atoms with Gasteiger partial charge in [-0.25, -0.2) is 0 Å². The highest BCUT2D eigenvalue weighted by Crippen LogP contribution is 2.23. The van der Waals surface area contributed by atoms with Gasteiger partial charge in [0.05, 0.1) is 10.6 Å². The van der Waals surface area contributed by atoms with Crippen molar-refractivity contribution in [2.45, 2.75) is 26.8 Å². The van der Waals surface area contributed by atoms with E-state index in [-0.39, 0.29) is 11.9 Å². The van der Waals surface area contributed by atoms with Crippen molar-refractivity contribution >= 4 is 22.2 Å². The highest BCUT2D eigenvalue weighted by molar-refractivity contribution is 7.14. The largest absolute Gasteiger partial charge is 0.390 e. The molecule has 0 aliphatic rings. The van der Waals surface area contributed by atoms with Crippen molar-refractivity contribution in [3.05, 3.63) is 16.5 Å². The number of thiophene rings is 1. The number of hydrogen-bond acceptors (Lipinski definition) is 3. The Morgan fingerprint density at radius 3 is 2.62 bits per heavy atom. The van der Waals surface area contributed by atoms with Gasteiger partial charge in [0.15, 0.2) is 0 Å². The second-order valence-electron chi connectivity index (χ2n) is 3.29. The van der Waals surface area contributed by atoms with Crippen LogP contribution in [0.1, 0.15) is 29.8 Å². The first-order valence-corrected chi connectivity index (χ1v) is 5.04. The minimum atomic E-state index is -0.0775. The van der Waals surface area contributed by atoms with E-state index in [4.69, 9.17) is 5.73 Å². The number of carbonyl (C=O) groups is 1. The predicted octanol–water partition coefficient (Wildman–Crippen LogP) is 1.78. The van der Waals surface area contributed by atoms with Crippen LogP contribution < -0.4 is 11.1 Å². The van der Waals surface area contributed by atoms with Gasteiger partial charge in [0.1, 0.15) is 0 Å². The molecule has 13 heavy (non-hydrogen) atoms. The second-order valence-corrected chi connectivity index (χ2v) is 4.20. The number of carbonyl (C=O) groups excluding carboxylic acids is 1. The van der Waals surface area contributed by atoms with E-state index in [9.17, 15) is 4.79 Å². The van der Waals surface area contributed by atoms with Gasteiger partial charge in [-0.15, -0.1) is 11.3 Å². The molecule has 72 valence electrons. The molecule has 0 aromatic carbocycles. The summed E-state index contributed by atoms with van der Waals surface area (Å²) < 4.78 is 0. The van der Waals surface area contributed by atoms with Gasteiger partial charge < -0.3 is 11.1 Å². The summed E-state index contributed by atoms with van der Waals surface area (Å²) in [5.74, 6) is -0.0775. The second kappa shape index (κ2) is 3.79. The molecule has 0 saturated heterocycles. The summed E-state index contributed by atoms with van der Waals surface area (Å²) in [6.07, 6.45) is 0. The molecule has 1 aromatic heterocycles. The van der Waals surface area contributed by atoms with E-state index in [0.29, 0.717) is 10.6 Å². The molecule has 1 rings (SSSR count). The summed E-state index contributed by atoms with van der Waals surface area (Å²) in [6.45, 7) is 5.74. The molecule has 0 fully saturated rings. The normalized spacial score (nSPS) is 10.5. The minimum Gasteiger partial charge on any atom is -0.390 e. The first-order chi connectivity index (χ1) is 6.02. The van der Waals surface area contributed by atoms with Crippen molar-refractivity contribution in [1.29, 1.82) is 0 Å². The van der Waals surface area contributed by atoms with Crippen molar-refractivity contribution in [3.63, 3.8) is 0 Å². The maximum absolute atomic E-state index is 11.6. The first kappa shape index (κ1) is 10.1. The Kier molecular flexibility index (Phi) is 2.93. The zero-order valence-corrected chi connectivity index (χ0v) is 8.87. The van der Waals surface area contributed by atoms with Gasteiger partial charge in [0.25, 0.3) is 5.91 Å². The lowest BCUT2D eigenvalue weighted by atomic mass is 10.2. The summed E-state index contributed by atoms with van der Waals surface area (Å²) in [4.78, 5) is 11.6. The Morgan fingerprint density at radius 2 is 2.23 bits per heavy atom. The van der Waals surface area contributed by atoms with Crippen LogP contribution in [0.5, 0.6) is 0 Å². The van der Waals surface area contributed by atoms with E-state index >= 15 is 0 Å². The molecule has 0 aliphatic heterocycles.